The van der Waals surface area contributed by atoms with Crippen molar-refractivity contribution in [2.45, 2.75) is 26.9 Å². The van der Waals surface area contributed by atoms with Gasteiger partial charge in [-0.2, -0.15) is 0 Å². The van der Waals surface area contributed by atoms with Gasteiger partial charge in [-0.05, 0) is 43.7 Å². The summed E-state index contributed by atoms with van der Waals surface area (Å²) in [6, 6.07) is 11.9. The predicted octanol–water partition coefficient (Wildman–Crippen LogP) is 3.53. The Morgan fingerprint density at radius 1 is 1.25 bits per heavy atom. The predicted molar refractivity (Wildman–Crippen MR) is 85.0 cm³/mol. The molecule has 0 fully saturated rings. The summed E-state index contributed by atoms with van der Waals surface area (Å²) >= 11 is 6.12. The van der Waals surface area contributed by atoms with Gasteiger partial charge >= 0.3 is 0 Å². The first-order chi connectivity index (χ1) is 9.63. The highest BCUT2D eigenvalue weighted by Gasteiger charge is 2.11. The molecule has 3 nitrogen and oxygen atoms in total. The van der Waals surface area contributed by atoms with E-state index in [1.165, 1.54) is 0 Å². The van der Waals surface area contributed by atoms with E-state index in [4.69, 9.17) is 17.3 Å². The molecule has 4 heteroatoms. The fourth-order valence-corrected chi connectivity index (χ4v) is 2.42. The van der Waals surface area contributed by atoms with E-state index in [1.807, 2.05) is 43.3 Å². The number of rotatable bonds is 5. The molecule has 0 amide bonds. The van der Waals surface area contributed by atoms with Crippen molar-refractivity contribution in [3.05, 3.63) is 58.4 Å². The van der Waals surface area contributed by atoms with Gasteiger partial charge in [0, 0.05) is 29.5 Å². The van der Waals surface area contributed by atoms with Crippen LogP contribution in [0, 0.1) is 6.92 Å². The summed E-state index contributed by atoms with van der Waals surface area (Å²) < 4.78 is 0. The van der Waals surface area contributed by atoms with Gasteiger partial charge in [0.15, 0.2) is 0 Å². The van der Waals surface area contributed by atoms with E-state index in [9.17, 15) is 0 Å². The van der Waals surface area contributed by atoms with Gasteiger partial charge in [0.25, 0.3) is 0 Å². The van der Waals surface area contributed by atoms with Crippen LogP contribution >= 0.6 is 11.6 Å². The highest BCUT2D eigenvalue weighted by molar-refractivity contribution is 6.30. The highest BCUT2D eigenvalue weighted by Crippen LogP contribution is 2.25. The van der Waals surface area contributed by atoms with Gasteiger partial charge in [0.1, 0.15) is 0 Å². The first-order valence-corrected chi connectivity index (χ1v) is 7.17. The fourth-order valence-electron chi connectivity index (χ4n) is 2.25. The Kier molecular flexibility index (Phi) is 4.99. The molecule has 2 rings (SSSR count). The minimum atomic E-state index is 0.504. The van der Waals surface area contributed by atoms with Gasteiger partial charge in [-0.1, -0.05) is 23.7 Å². The maximum Gasteiger partial charge on any atom is 0.0602 e. The van der Waals surface area contributed by atoms with E-state index in [2.05, 4.69) is 16.8 Å². The Labute approximate surface area is 125 Å². The fraction of sp³-hybridized carbons (Fsp3) is 0.312. The van der Waals surface area contributed by atoms with E-state index in [1.54, 1.807) is 0 Å². The first-order valence-electron chi connectivity index (χ1n) is 6.80. The van der Waals surface area contributed by atoms with Crippen molar-refractivity contribution >= 4 is 17.3 Å². The molecule has 0 unspecified atom stereocenters. The molecule has 20 heavy (non-hydrogen) atoms. The molecular formula is C16H20ClN3. The summed E-state index contributed by atoms with van der Waals surface area (Å²) in [6.07, 6.45) is 0. The zero-order valence-electron chi connectivity index (χ0n) is 11.9. The molecule has 0 aliphatic rings. The third kappa shape index (κ3) is 3.50. The second-order valence-corrected chi connectivity index (χ2v) is 5.20. The molecule has 1 heterocycles. The van der Waals surface area contributed by atoms with Crippen molar-refractivity contribution in [2.24, 2.45) is 5.73 Å². The van der Waals surface area contributed by atoms with Gasteiger partial charge in [0.05, 0.1) is 12.2 Å². The molecule has 0 atom stereocenters. The SMILES string of the molecule is CCN(Cc1cccc(C)n1)c1cc(Cl)ccc1CN. The molecular weight excluding hydrogens is 270 g/mol. The number of aryl methyl sites for hydroxylation is 1. The first kappa shape index (κ1) is 14.8. The third-order valence-electron chi connectivity index (χ3n) is 3.29. The molecule has 0 bridgehead atoms. The number of nitrogens with two attached hydrogens (primary N) is 1. The van der Waals surface area contributed by atoms with Crippen LogP contribution in [0.4, 0.5) is 5.69 Å². The Balaban J connectivity index is 2.30. The zero-order valence-corrected chi connectivity index (χ0v) is 12.7. The van der Waals surface area contributed by atoms with Gasteiger partial charge < -0.3 is 10.6 Å². The standard InChI is InChI=1S/C16H20ClN3/c1-3-20(11-15-6-4-5-12(2)19-15)16-9-14(17)8-7-13(16)10-18/h4-9H,3,10-11,18H2,1-2H3. The Morgan fingerprint density at radius 3 is 2.70 bits per heavy atom. The Bertz CT molecular complexity index is 584. The van der Waals surface area contributed by atoms with Gasteiger partial charge in [-0.25, -0.2) is 0 Å². The third-order valence-corrected chi connectivity index (χ3v) is 3.52. The van der Waals surface area contributed by atoms with Crippen LogP contribution in [0.15, 0.2) is 36.4 Å². The van der Waals surface area contributed by atoms with E-state index in [0.717, 1.165) is 40.8 Å². The number of anilines is 1. The van der Waals surface area contributed by atoms with Crippen LogP contribution in [0.3, 0.4) is 0 Å². The van der Waals surface area contributed by atoms with Crippen molar-refractivity contribution in [1.82, 2.24) is 4.98 Å². The number of aromatic nitrogens is 1. The van der Waals surface area contributed by atoms with Crippen molar-refractivity contribution in [3.63, 3.8) is 0 Å². The van der Waals surface area contributed by atoms with Crippen molar-refractivity contribution in [1.29, 1.82) is 0 Å². The average molecular weight is 290 g/mol. The lowest BCUT2D eigenvalue weighted by Gasteiger charge is -2.25. The summed E-state index contributed by atoms with van der Waals surface area (Å²) in [5, 5.41) is 0.729. The summed E-state index contributed by atoms with van der Waals surface area (Å²) in [7, 11) is 0. The number of halogens is 1. The van der Waals surface area contributed by atoms with Gasteiger partial charge in [-0.15, -0.1) is 0 Å². The summed E-state index contributed by atoms with van der Waals surface area (Å²) in [4.78, 5) is 6.80. The molecule has 2 aromatic rings. The molecule has 1 aromatic heterocycles. The van der Waals surface area contributed by atoms with E-state index in [-0.39, 0.29) is 0 Å². The second-order valence-electron chi connectivity index (χ2n) is 4.76. The zero-order chi connectivity index (χ0) is 14.5. The molecule has 0 radical (unpaired) electrons. The minimum absolute atomic E-state index is 0.504. The van der Waals surface area contributed by atoms with Gasteiger partial charge in [0.2, 0.25) is 0 Å². The summed E-state index contributed by atoms with van der Waals surface area (Å²) in [5.74, 6) is 0. The molecule has 0 aliphatic carbocycles. The minimum Gasteiger partial charge on any atom is -0.366 e. The van der Waals surface area contributed by atoms with E-state index >= 15 is 0 Å². The van der Waals surface area contributed by atoms with Crippen LogP contribution in [0.25, 0.3) is 0 Å². The Hall–Kier alpha value is -1.58. The largest absolute Gasteiger partial charge is 0.366 e. The number of hydrogen-bond acceptors (Lipinski definition) is 3. The molecule has 0 aliphatic heterocycles. The van der Waals surface area contributed by atoms with Crippen LogP contribution in [-0.4, -0.2) is 11.5 Å². The number of benzene rings is 1. The smallest absolute Gasteiger partial charge is 0.0602 e. The second kappa shape index (κ2) is 6.73. The highest BCUT2D eigenvalue weighted by atomic mass is 35.5. The number of nitrogens with zero attached hydrogens (tertiary/aromatic N) is 2. The maximum atomic E-state index is 6.12. The molecule has 0 saturated heterocycles. The van der Waals surface area contributed by atoms with Crippen molar-refractivity contribution < 1.29 is 0 Å². The lowest BCUT2D eigenvalue weighted by atomic mass is 10.1. The molecule has 1 aromatic carbocycles. The normalized spacial score (nSPS) is 10.6. The molecule has 0 spiro atoms. The average Bonchev–Trinajstić information content (AvgIpc) is 2.45. The maximum absolute atomic E-state index is 6.12. The van der Waals surface area contributed by atoms with Crippen LogP contribution < -0.4 is 10.6 Å². The monoisotopic (exact) mass is 289 g/mol. The molecule has 0 saturated carbocycles. The quantitative estimate of drug-likeness (QED) is 0.915. The van der Waals surface area contributed by atoms with Crippen molar-refractivity contribution in [2.75, 3.05) is 11.4 Å². The van der Waals surface area contributed by atoms with E-state index in [0.29, 0.717) is 6.54 Å². The van der Waals surface area contributed by atoms with Crippen LogP contribution in [0.2, 0.25) is 5.02 Å². The molecule has 2 N–H and O–H groups in total. The number of hydrogen-bond donors (Lipinski definition) is 1. The summed E-state index contributed by atoms with van der Waals surface area (Å²) in [6.45, 7) is 6.26. The molecule has 106 valence electrons. The topological polar surface area (TPSA) is 42.2 Å². The van der Waals surface area contributed by atoms with Crippen molar-refractivity contribution in [3.8, 4) is 0 Å². The summed E-state index contributed by atoms with van der Waals surface area (Å²) in [5.41, 5.74) is 10.1. The van der Waals surface area contributed by atoms with Crippen LogP contribution in [0.1, 0.15) is 23.9 Å². The Morgan fingerprint density at radius 2 is 2.05 bits per heavy atom. The van der Waals surface area contributed by atoms with E-state index < -0.39 is 0 Å². The number of pyridine rings is 1. The van der Waals surface area contributed by atoms with Crippen LogP contribution in [0.5, 0.6) is 0 Å². The lowest BCUT2D eigenvalue weighted by Crippen LogP contribution is -2.24. The lowest BCUT2D eigenvalue weighted by molar-refractivity contribution is 0.798. The van der Waals surface area contributed by atoms with Crippen LogP contribution in [-0.2, 0) is 13.1 Å². The van der Waals surface area contributed by atoms with Gasteiger partial charge in [-0.3, -0.25) is 4.98 Å².